The molecule has 0 heterocycles. The van der Waals surface area contributed by atoms with E-state index in [2.05, 4.69) is 31.2 Å². The summed E-state index contributed by atoms with van der Waals surface area (Å²) in [5.74, 6) is 0.0727. The lowest BCUT2D eigenvalue weighted by Gasteiger charge is -2.28. The fraction of sp³-hybridized carbons (Fsp3) is 0.619. The Morgan fingerprint density at radius 3 is 2.40 bits per heavy atom. The minimum Gasteiger partial charge on any atom is -0.469 e. The van der Waals surface area contributed by atoms with Crippen LogP contribution >= 0.6 is 0 Å². The molecule has 0 aliphatic heterocycles. The third-order valence-electron chi connectivity index (χ3n) is 5.13. The smallest absolute Gasteiger partial charge is 0.310 e. The molecular weight excluding hydrogens is 314 g/mol. The van der Waals surface area contributed by atoms with Gasteiger partial charge in [-0.05, 0) is 31.2 Å². The first-order valence-electron chi connectivity index (χ1n) is 9.40. The van der Waals surface area contributed by atoms with E-state index in [1.807, 2.05) is 11.8 Å². The second kappa shape index (κ2) is 9.59. The number of amides is 1. The highest BCUT2D eigenvalue weighted by molar-refractivity contribution is 5.78. The third kappa shape index (κ3) is 6.18. The van der Waals surface area contributed by atoms with Crippen LogP contribution in [0.4, 0.5) is 0 Å². The van der Waals surface area contributed by atoms with Crippen LogP contribution in [0, 0.1) is 18.8 Å². The van der Waals surface area contributed by atoms with E-state index in [0.717, 1.165) is 18.4 Å². The van der Waals surface area contributed by atoms with Crippen molar-refractivity contribution in [2.45, 2.75) is 58.9 Å². The molecular formula is C21H31NO3. The van der Waals surface area contributed by atoms with Crippen LogP contribution in [-0.4, -0.2) is 30.4 Å². The first kappa shape index (κ1) is 19.5. The van der Waals surface area contributed by atoms with E-state index in [9.17, 15) is 9.59 Å². The fourth-order valence-electron chi connectivity index (χ4n) is 3.54. The molecule has 1 fully saturated rings. The maximum absolute atomic E-state index is 12.9. The summed E-state index contributed by atoms with van der Waals surface area (Å²) in [6.45, 7) is 4.83. The van der Waals surface area contributed by atoms with Crippen LogP contribution in [0.2, 0.25) is 0 Å². The van der Waals surface area contributed by atoms with Gasteiger partial charge in [0, 0.05) is 19.5 Å². The van der Waals surface area contributed by atoms with Crippen LogP contribution < -0.4 is 0 Å². The maximum Gasteiger partial charge on any atom is 0.310 e. The molecule has 0 N–H and O–H groups in total. The zero-order chi connectivity index (χ0) is 18.2. The Kier molecular flexibility index (Phi) is 7.48. The van der Waals surface area contributed by atoms with Crippen molar-refractivity contribution in [3.8, 4) is 0 Å². The minimum absolute atomic E-state index is 0.156. The van der Waals surface area contributed by atoms with Crippen molar-refractivity contribution in [1.29, 1.82) is 0 Å². The fourth-order valence-corrected chi connectivity index (χ4v) is 3.54. The molecule has 4 nitrogen and oxygen atoms in total. The predicted octanol–water partition coefficient (Wildman–Crippen LogP) is 4.10. The van der Waals surface area contributed by atoms with E-state index in [1.54, 1.807) is 0 Å². The zero-order valence-electron chi connectivity index (χ0n) is 15.8. The molecule has 138 valence electrons. The number of methoxy groups -OCH3 is 1. The summed E-state index contributed by atoms with van der Waals surface area (Å²) < 4.78 is 4.83. The number of esters is 1. The van der Waals surface area contributed by atoms with Gasteiger partial charge in [-0.15, -0.1) is 0 Å². The Morgan fingerprint density at radius 2 is 1.80 bits per heavy atom. The summed E-state index contributed by atoms with van der Waals surface area (Å²) in [6.07, 6.45) is 6.65. The van der Waals surface area contributed by atoms with Gasteiger partial charge in [-0.25, -0.2) is 0 Å². The SMILES string of the molecule is COC(=O)C(C)CN(Cc1ccc(C)cc1)C(=O)CC1CCCCC1. The van der Waals surface area contributed by atoms with Gasteiger partial charge in [-0.3, -0.25) is 9.59 Å². The van der Waals surface area contributed by atoms with Crippen LogP contribution in [0.25, 0.3) is 0 Å². The molecule has 1 aliphatic carbocycles. The number of nitrogens with zero attached hydrogens (tertiary/aromatic N) is 1. The molecule has 1 amide bonds. The van der Waals surface area contributed by atoms with E-state index in [4.69, 9.17) is 4.74 Å². The lowest BCUT2D eigenvalue weighted by Crippen LogP contribution is -2.37. The zero-order valence-corrected chi connectivity index (χ0v) is 15.8. The summed E-state index contributed by atoms with van der Waals surface area (Å²) in [5.41, 5.74) is 2.30. The van der Waals surface area contributed by atoms with Gasteiger partial charge in [0.2, 0.25) is 5.91 Å². The number of hydrogen-bond donors (Lipinski definition) is 0. The van der Waals surface area contributed by atoms with Crippen LogP contribution in [0.3, 0.4) is 0 Å². The minimum atomic E-state index is -0.314. The Hall–Kier alpha value is -1.84. The van der Waals surface area contributed by atoms with Gasteiger partial charge in [0.1, 0.15) is 0 Å². The average molecular weight is 345 g/mol. The van der Waals surface area contributed by atoms with E-state index < -0.39 is 0 Å². The van der Waals surface area contributed by atoms with Crippen molar-refractivity contribution in [3.63, 3.8) is 0 Å². The van der Waals surface area contributed by atoms with E-state index in [1.165, 1.54) is 31.9 Å². The molecule has 25 heavy (non-hydrogen) atoms. The summed E-state index contributed by atoms with van der Waals surface area (Å²) in [4.78, 5) is 26.5. The Balaban J connectivity index is 2.05. The molecule has 1 aromatic rings. The molecule has 4 heteroatoms. The maximum atomic E-state index is 12.9. The number of ether oxygens (including phenoxy) is 1. The van der Waals surface area contributed by atoms with E-state index in [0.29, 0.717) is 25.4 Å². The highest BCUT2D eigenvalue weighted by atomic mass is 16.5. The topological polar surface area (TPSA) is 46.6 Å². The van der Waals surface area contributed by atoms with Gasteiger partial charge in [-0.2, -0.15) is 0 Å². The molecule has 0 aromatic heterocycles. The summed E-state index contributed by atoms with van der Waals surface area (Å²) >= 11 is 0. The number of hydrogen-bond acceptors (Lipinski definition) is 3. The average Bonchev–Trinajstić information content (AvgIpc) is 2.62. The molecule has 2 rings (SSSR count). The standard InChI is InChI=1S/C21H31NO3/c1-16-9-11-19(12-10-16)15-22(14-17(2)21(24)25-3)20(23)13-18-7-5-4-6-8-18/h9-12,17-18H,4-8,13-15H2,1-3H3. The number of carbonyl (C=O) groups excluding carboxylic acids is 2. The molecule has 1 atom stereocenters. The Morgan fingerprint density at radius 1 is 1.16 bits per heavy atom. The van der Waals surface area contributed by atoms with E-state index >= 15 is 0 Å². The first-order chi connectivity index (χ1) is 12.0. The Bertz CT molecular complexity index is 561. The largest absolute Gasteiger partial charge is 0.469 e. The molecule has 1 aliphatic rings. The molecule has 0 saturated heterocycles. The van der Waals surface area contributed by atoms with Crippen molar-refractivity contribution in [2.75, 3.05) is 13.7 Å². The number of carbonyl (C=O) groups is 2. The van der Waals surface area contributed by atoms with Crippen molar-refractivity contribution in [1.82, 2.24) is 4.90 Å². The summed E-state index contributed by atoms with van der Waals surface area (Å²) in [6, 6.07) is 8.23. The Labute approximate surface area is 151 Å². The molecule has 0 spiro atoms. The predicted molar refractivity (Wildman–Crippen MR) is 99.0 cm³/mol. The van der Waals surface area contributed by atoms with Crippen molar-refractivity contribution in [2.24, 2.45) is 11.8 Å². The second-order valence-electron chi connectivity index (χ2n) is 7.39. The van der Waals surface area contributed by atoms with Gasteiger partial charge in [0.25, 0.3) is 0 Å². The molecule has 1 aromatic carbocycles. The van der Waals surface area contributed by atoms with Gasteiger partial charge < -0.3 is 9.64 Å². The van der Waals surface area contributed by atoms with Crippen LogP contribution in [0.5, 0.6) is 0 Å². The number of benzene rings is 1. The van der Waals surface area contributed by atoms with Gasteiger partial charge >= 0.3 is 5.97 Å². The van der Waals surface area contributed by atoms with Gasteiger partial charge in [0.05, 0.1) is 13.0 Å². The quantitative estimate of drug-likeness (QED) is 0.699. The lowest BCUT2D eigenvalue weighted by molar-refractivity contribution is -0.146. The highest BCUT2D eigenvalue weighted by Crippen LogP contribution is 2.27. The molecule has 0 radical (unpaired) electrons. The molecule has 1 unspecified atom stereocenters. The monoisotopic (exact) mass is 345 g/mol. The van der Waals surface area contributed by atoms with Crippen molar-refractivity contribution in [3.05, 3.63) is 35.4 Å². The van der Waals surface area contributed by atoms with Crippen LogP contribution in [-0.2, 0) is 20.9 Å². The normalized spacial score (nSPS) is 16.3. The summed E-state index contributed by atoms with van der Waals surface area (Å²) in [5, 5.41) is 0. The summed E-state index contributed by atoms with van der Waals surface area (Å²) in [7, 11) is 1.40. The van der Waals surface area contributed by atoms with Crippen LogP contribution in [0.15, 0.2) is 24.3 Å². The van der Waals surface area contributed by atoms with Gasteiger partial charge in [0.15, 0.2) is 0 Å². The van der Waals surface area contributed by atoms with Crippen molar-refractivity contribution < 1.29 is 14.3 Å². The molecule has 0 bridgehead atoms. The van der Waals surface area contributed by atoms with Gasteiger partial charge in [-0.1, -0.05) is 56.0 Å². The lowest BCUT2D eigenvalue weighted by atomic mass is 9.86. The second-order valence-corrected chi connectivity index (χ2v) is 7.39. The number of aryl methyl sites for hydroxylation is 1. The molecule has 1 saturated carbocycles. The number of rotatable bonds is 7. The van der Waals surface area contributed by atoms with E-state index in [-0.39, 0.29) is 17.8 Å². The third-order valence-corrected chi connectivity index (χ3v) is 5.13. The van der Waals surface area contributed by atoms with Crippen LogP contribution in [0.1, 0.15) is 56.6 Å². The first-order valence-corrected chi connectivity index (χ1v) is 9.40. The van der Waals surface area contributed by atoms with Crippen molar-refractivity contribution >= 4 is 11.9 Å². The highest BCUT2D eigenvalue weighted by Gasteiger charge is 2.25.